The number of amides is 5. The number of benzene rings is 1. The zero-order valence-corrected chi connectivity index (χ0v) is 28.0. The largest absolute Gasteiger partial charge is 0.467 e. The fourth-order valence-corrected chi connectivity index (χ4v) is 4.19. The molecule has 0 fully saturated rings. The van der Waals surface area contributed by atoms with Crippen LogP contribution in [0.25, 0.3) is 0 Å². The van der Waals surface area contributed by atoms with Crippen LogP contribution in [-0.4, -0.2) is 102 Å². The lowest BCUT2D eigenvalue weighted by Crippen LogP contribution is -2.61. The van der Waals surface area contributed by atoms with Gasteiger partial charge in [0.05, 0.1) is 19.8 Å². The van der Waals surface area contributed by atoms with Gasteiger partial charge in [-0.2, -0.15) is 8.78 Å². The summed E-state index contributed by atoms with van der Waals surface area (Å²) < 4.78 is 35.8. The standard InChI is InChI=1S/C31H46F2N6O9/c1-15(2)22(28(45)38-23(16(3)4)29(46)48-7)39-30(47)31(32,33)24(41)21(13-19-11-9-8-10-12-19)37-26(43)18(6)35-25(42)17(5)36-27(44)20(34)14-40/h8-12,15-18,20-23,40H,13-14,34H2,1-7H3,(H,35,42)(H,36,44)(H,37,43)(H,38,45)(H,39,47)/t17-,18-,20-,21?,22-,23-/m0/s1. The van der Waals surface area contributed by atoms with Crippen molar-refractivity contribution in [2.45, 2.75) is 90.1 Å². The Labute approximate surface area is 277 Å². The number of aliphatic hydroxyl groups is 1. The van der Waals surface area contributed by atoms with E-state index in [1.165, 1.54) is 39.8 Å². The van der Waals surface area contributed by atoms with Gasteiger partial charge in [-0.15, -0.1) is 0 Å². The maximum absolute atomic E-state index is 15.6. The minimum Gasteiger partial charge on any atom is -0.467 e. The zero-order valence-electron chi connectivity index (χ0n) is 28.0. The van der Waals surface area contributed by atoms with Crippen LogP contribution < -0.4 is 32.3 Å². The normalized spacial score (nSPS) is 15.2. The molecule has 1 rings (SSSR count). The van der Waals surface area contributed by atoms with Crippen molar-refractivity contribution in [1.82, 2.24) is 26.6 Å². The molecule has 1 aromatic rings. The highest BCUT2D eigenvalue weighted by Gasteiger charge is 2.51. The van der Waals surface area contributed by atoms with Gasteiger partial charge in [0.2, 0.25) is 29.4 Å². The first-order chi connectivity index (χ1) is 22.3. The van der Waals surface area contributed by atoms with Crippen molar-refractivity contribution in [3.8, 4) is 0 Å². The highest BCUT2D eigenvalue weighted by molar-refractivity contribution is 6.11. The summed E-state index contributed by atoms with van der Waals surface area (Å²) in [4.78, 5) is 88.7. The molecule has 6 atom stereocenters. The van der Waals surface area contributed by atoms with Crippen LogP contribution in [0.15, 0.2) is 30.3 Å². The summed E-state index contributed by atoms with van der Waals surface area (Å²) in [6.07, 6.45) is -0.469. The first-order valence-electron chi connectivity index (χ1n) is 15.2. The van der Waals surface area contributed by atoms with Crippen LogP contribution in [0.2, 0.25) is 0 Å². The molecular weight excluding hydrogens is 638 g/mol. The molecule has 0 saturated carbocycles. The van der Waals surface area contributed by atoms with Gasteiger partial charge in [0.25, 0.3) is 5.91 Å². The number of esters is 1. The van der Waals surface area contributed by atoms with Gasteiger partial charge < -0.3 is 42.2 Å². The lowest BCUT2D eigenvalue weighted by Gasteiger charge is -2.28. The van der Waals surface area contributed by atoms with Crippen LogP contribution in [0.4, 0.5) is 8.78 Å². The smallest absolute Gasteiger partial charge is 0.383 e. The number of nitrogens with one attached hydrogen (secondary N) is 5. The average Bonchev–Trinajstić information content (AvgIpc) is 3.04. The van der Waals surface area contributed by atoms with E-state index in [0.29, 0.717) is 5.56 Å². The molecule has 48 heavy (non-hydrogen) atoms. The molecule has 0 aromatic heterocycles. The Morgan fingerprint density at radius 1 is 0.750 bits per heavy atom. The maximum Gasteiger partial charge on any atom is 0.383 e. The molecule has 15 nitrogen and oxygen atoms in total. The minimum absolute atomic E-state index is 0.350. The SMILES string of the molecule is COC(=O)[C@@H](NC(=O)[C@@H](NC(=O)C(F)(F)C(=O)C(Cc1ccccc1)NC(=O)[C@H](C)NC(=O)[C@H](C)NC(=O)[C@@H](N)CO)C(C)C)C(C)C. The van der Waals surface area contributed by atoms with Gasteiger partial charge in [-0.25, -0.2) is 4.79 Å². The number of ketones is 1. The Bertz CT molecular complexity index is 1310. The van der Waals surface area contributed by atoms with Crippen LogP contribution in [0.5, 0.6) is 0 Å². The summed E-state index contributed by atoms with van der Waals surface area (Å²) in [7, 11) is 1.11. The highest BCUT2D eigenvalue weighted by Crippen LogP contribution is 2.21. The third-order valence-electron chi connectivity index (χ3n) is 7.20. The van der Waals surface area contributed by atoms with Crippen molar-refractivity contribution in [3.63, 3.8) is 0 Å². The lowest BCUT2D eigenvalue weighted by atomic mass is 9.96. The molecule has 0 aliphatic rings. The number of carbonyl (C=O) groups excluding carboxylic acids is 7. The number of carbonyl (C=O) groups is 7. The van der Waals surface area contributed by atoms with Crippen molar-refractivity contribution < 1.29 is 52.2 Å². The summed E-state index contributed by atoms with van der Waals surface area (Å²) >= 11 is 0. The van der Waals surface area contributed by atoms with Gasteiger partial charge in [0.15, 0.2) is 0 Å². The number of alkyl halides is 2. The summed E-state index contributed by atoms with van der Waals surface area (Å²) in [5.74, 6) is -14.6. The summed E-state index contributed by atoms with van der Waals surface area (Å²) in [5, 5.41) is 19.9. The van der Waals surface area contributed by atoms with Gasteiger partial charge in [0.1, 0.15) is 30.2 Å². The van der Waals surface area contributed by atoms with Crippen LogP contribution in [0, 0.1) is 11.8 Å². The van der Waals surface area contributed by atoms with E-state index in [2.05, 4.69) is 26.0 Å². The second kappa shape index (κ2) is 18.7. The number of ether oxygens (including phenoxy) is 1. The summed E-state index contributed by atoms with van der Waals surface area (Å²) in [6.45, 7) is 7.91. The number of halogens is 2. The number of nitrogens with two attached hydrogens (primary N) is 1. The molecule has 0 aliphatic carbocycles. The highest BCUT2D eigenvalue weighted by atomic mass is 19.3. The van der Waals surface area contributed by atoms with Crippen molar-refractivity contribution >= 4 is 41.3 Å². The molecule has 5 amide bonds. The van der Waals surface area contributed by atoms with Crippen LogP contribution in [0.3, 0.4) is 0 Å². The van der Waals surface area contributed by atoms with Crippen LogP contribution >= 0.6 is 0 Å². The Hall–Kier alpha value is -4.51. The van der Waals surface area contributed by atoms with E-state index in [1.807, 2.05) is 5.32 Å². The van der Waals surface area contributed by atoms with E-state index < -0.39 is 108 Å². The molecular formula is C31H46F2N6O9. The first kappa shape index (κ1) is 41.5. The Kier molecular flexibility index (Phi) is 16.2. The zero-order chi connectivity index (χ0) is 36.9. The molecule has 0 saturated heterocycles. The van der Waals surface area contributed by atoms with E-state index in [9.17, 15) is 33.6 Å². The molecule has 1 aromatic carbocycles. The van der Waals surface area contributed by atoms with Crippen molar-refractivity contribution in [2.75, 3.05) is 13.7 Å². The molecule has 17 heteroatoms. The monoisotopic (exact) mass is 684 g/mol. The molecule has 268 valence electrons. The topological polar surface area (TPSA) is 235 Å². The van der Waals surface area contributed by atoms with Crippen molar-refractivity contribution in [1.29, 1.82) is 0 Å². The predicted molar refractivity (Wildman–Crippen MR) is 168 cm³/mol. The van der Waals surface area contributed by atoms with E-state index >= 15 is 8.78 Å². The number of hydrogen-bond acceptors (Lipinski definition) is 10. The Balaban J connectivity index is 3.20. The number of hydrogen-bond donors (Lipinski definition) is 7. The molecule has 1 unspecified atom stereocenters. The average molecular weight is 685 g/mol. The minimum atomic E-state index is -4.75. The van der Waals surface area contributed by atoms with Crippen LogP contribution in [0.1, 0.15) is 47.1 Å². The number of rotatable bonds is 18. The van der Waals surface area contributed by atoms with Crippen molar-refractivity contribution in [2.24, 2.45) is 17.6 Å². The van der Waals surface area contributed by atoms with Gasteiger partial charge >= 0.3 is 11.9 Å². The number of aliphatic hydroxyl groups excluding tert-OH is 1. The van der Waals surface area contributed by atoms with E-state index in [-0.39, 0.29) is 0 Å². The van der Waals surface area contributed by atoms with Crippen LogP contribution in [-0.2, 0) is 44.7 Å². The fraction of sp³-hybridized carbons (Fsp3) is 0.581. The quantitative estimate of drug-likeness (QED) is 0.0713. The molecule has 0 aliphatic heterocycles. The molecule has 0 heterocycles. The molecule has 0 radical (unpaired) electrons. The lowest BCUT2D eigenvalue weighted by molar-refractivity contribution is -0.161. The van der Waals surface area contributed by atoms with Gasteiger partial charge in [-0.05, 0) is 31.2 Å². The Morgan fingerprint density at radius 3 is 1.73 bits per heavy atom. The van der Waals surface area contributed by atoms with E-state index in [4.69, 9.17) is 10.8 Å². The third kappa shape index (κ3) is 11.9. The van der Waals surface area contributed by atoms with E-state index in [0.717, 1.165) is 7.11 Å². The number of Topliss-reactive ketones (excluding diaryl/α,β-unsaturated/α-hetero) is 1. The molecule has 8 N–H and O–H groups in total. The Morgan fingerprint density at radius 2 is 1.25 bits per heavy atom. The fourth-order valence-electron chi connectivity index (χ4n) is 4.19. The van der Waals surface area contributed by atoms with Gasteiger partial charge in [-0.1, -0.05) is 58.0 Å². The predicted octanol–water partition coefficient (Wildman–Crippen LogP) is -1.30. The van der Waals surface area contributed by atoms with Gasteiger partial charge in [0, 0.05) is 6.42 Å². The number of methoxy groups -OCH3 is 1. The maximum atomic E-state index is 15.6. The third-order valence-corrected chi connectivity index (χ3v) is 7.20. The molecule has 0 spiro atoms. The van der Waals surface area contributed by atoms with E-state index in [1.54, 1.807) is 32.0 Å². The second-order valence-electron chi connectivity index (χ2n) is 11.9. The molecule has 0 bridgehead atoms. The second-order valence-corrected chi connectivity index (χ2v) is 11.9. The van der Waals surface area contributed by atoms with Gasteiger partial charge in [-0.3, -0.25) is 28.8 Å². The van der Waals surface area contributed by atoms with Crippen molar-refractivity contribution in [3.05, 3.63) is 35.9 Å². The summed E-state index contributed by atoms with van der Waals surface area (Å²) in [5.41, 5.74) is 5.75. The summed E-state index contributed by atoms with van der Waals surface area (Å²) in [6, 6.07) is -0.864. The first-order valence-corrected chi connectivity index (χ1v) is 15.2.